The standard InChI is InChI=1S/C20H27N3O2/c1-16(2)25-19-6-4-18(5-7-19)22-20(24)11-15-23(3)14-10-17-8-12-21-13-9-17/h4-9,12-13,16H,10-11,14-15H2,1-3H3,(H,22,24). The van der Waals surface area contributed by atoms with Crippen molar-refractivity contribution in [1.29, 1.82) is 0 Å². The topological polar surface area (TPSA) is 54.5 Å². The number of hydrogen-bond acceptors (Lipinski definition) is 4. The molecule has 25 heavy (non-hydrogen) atoms. The Bertz CT molecular complexity index is 642. The van der Waals surface area contributed by atoms with Crippen molar-refractivity contribution in [1.82, 2.24) is 9.88 Å². The number of anilines is 1. The van der Waals surface area contributed by atoms with E-state index in [1.54, 1.807) is 12.4 Å². The molecule has 0 bridgehead atoms. The number of hydrogen-bond donors (Lipinski definition) is 1. The average molecular weight is 341 g/mol. The molecule has 0 saturated heterocycles. The van der Waals surface area contributed by atoms with E-state index in [1.165, 1.54) is 5.56 Å². The summed E-state index contributed by atoms with van der Waals surface area (Å²) in [5.41, 5.74) is 2.05. The van der Waals surface area contributed by atoms with Crippen molar-refractivity contribution in [2.75, 3.05) is 25.5 Å². The summed E-state index contributed by atoms with van der Waals surface area (Å²) in [7, 11) is 2.03. The van der Waals surface area contributed by atoms with Crippen LogP contribution < -0.4 is 10.1 Å². The van der Waals surface area contributed by atoms with Gasteiger partial charge in [0.2, 0.25) is 5.91 Å². The highest BCUT2D eigenvalue weighted by molar-refractivity contribution is 5.90. The first-order valence-corrected chi connectivity index (χ1v) is 8.67. The van der Waals surface area contributed by atoms with Gasteiger partial charge in [0, 0.05) is 37.6 Å². The molecule has 0 radical (unpaired) electrons. The Morgan fingerprint density at radius 1 is 1.12 bits per heavy atom. The predicted octanol–water partition coefficient (Wildman–Crippen LogP) is 3.37. The normalized spacial score (nSPS) is 10.9. The zero-order chi connectivity index (χ0) is 18.1. The molecule has 1 aromatic heterocycles. The van der Waals surface area contributed by atoms with E-state index in [9.17, 15) is 4.79 Å². The molecule has 2 rings (SSSR count). The quantitative estimate of drug-likeness (QED) is 0.760. The van der Waals surface area contributed by atoms with Gasteiger partial charge < -0.3 is 15.0 Å². The number of pyridine rings is 1. The minimum absolute atomic E-state index is 0.0216. The van der Waals surface area contributed by atoms with Crippen molar-refractivity contribution in [2.45, 2.75) is 32.8 Å². The Morgan fingerprint density at radius 3 is 2.44 bits per heavy atom. The van der Waals surface area contributed by atoms with Crippen LogP contribution in [0.2, 0.25) is 0 Å². The molecule has 5 heteroatoms. The smallest absolute Gasteiger partial charge is 0.225 e. The predicted molar refractivity (Wildman–Crippen MR) is 101 cm³/mol. The van der Waals surface area contributed by atoms with E-state index in [0.717, 1.165) is 30.9 Å². The summed E-state index contributed by atoms with van der Waals surface area (Å²) >= 11 is 0. The van der Waals surface area contributed by atoms with Crippen molar-refractivity contribution in [3.8, 4) is 5.75 Å². The molecule has 0 spiro atoms. The molecule has 0 saturated carbocycles. The first kappa shape index (κ1) is 18.9. The number of carbonyl (C=O) groups excluding carboxylic acids is 1. The zero-order valence-electron chi connectivity index (χ0n) is 15.2. The molecular formula is C20H27N3O2. The van der Waals surface area contributed by atoms with Crippen LogP contribution in [-0.4, -0.2) is 42.0 Å². The van der Waals surface area contributed by atoms with Crippen LogP contribution in [0.4, 0.5) is 5.69 Å². The zero-order valence-corrected chi connectivity index (χ0v) is 15.2. The Balaban J connectivity index is 1.69. The number of rotatable bonds is 9. The van der Waals surface area contributed by atoms with Gasteiger partial charge in [0.1, 0.15) is 5.75 Å². The summed E-state index contributed by atoms with van der Waals surface area (Å²) in [4.78, 5) is 18.3. The van der Waals surface area contributed by atoms with Crippen LogP contribution in [0.5, 0.6) is 5.75 Å². The third kappa shape index (κ3) is 7.35. The van der Waals surface area contributed by atoms with Crippen molar-refractivity contribution >= 4 is 11.6 Å². The molecule has 2 aromatic rings. The minimum Gasteiger partial charge on any atom is -0.491 e. The van der Waals surface area contributed by atoms with E-state index in [4.69, 9.17) is 4.74 Å². The van der Waals surface area contributed by atoms with Crippen molar-refractivity contribution in [3.05, 3.63) is 54.4 Å². The van der Waals surface area contributed by atoms with E-state index < -0.39 is 0 Å². The van der Waals surface area contributed by atoms with E-state index in [0.29, 0.717) is 6.42 Å². The Morgan fingerprint density at radius 2 is 1.80 bits per heavy atom. The molecule has 1 heterocycles. The number of nitrogens with zero attached hydrogens (tertiary/aromatic N) is 2. The summed E-state index contributed by atoms with van der Waals surface area (Å²) in [6.45, 7) is 5.62. The second-order valence-corrected chi connectivity index (χ2v) is 6.40. The van der Waals surface area contributed by atoms with Gasteiger partial charge in [-0.05, 0) is 69.3 Å². The van der Waals surface area contributed by atoms with Gasteiger partial charge >= 0.3 is 0 Å². The average Bonchev–Trinajstić information content (AvgIpc) is 2.60. The third-order valence-corrected chi connectivity index (χ3v) is 3.76. The van der Waals surface area contributed by atoms with Crippen LogP contribution in [0.1, 0.15) is 25.8 Å². The van der Waals surface area contributed by atoms with Gasteiger partial charge in [-0.3, -0.25) is 9.78 Å². The lowest BCUT2D eigenvalue weighted by atomic mass is 10.2. The van der Waals surface area contributed by atoms with Gasteiger partial charge in [0.15, 0.2) is 0 Å². The summed E-state index contributed by atoms with van der Waals surface area (Å²) in [5, 5.41) is 2.92. The van der Waals surface area contributed by atoms with Gasteiger partial charge in [0.05, 0.1) is 6.10 Å². The van der Waals surface area contributed by atoms with Crippen LogP contribution >= 0.6 is 0 Å². The molecule has 5 nitrogen and oxygen atoms in total. The largest absolute Gasteiger partial charge is 0.491 e. The highest BCUT2D eigenvalue weighted by atomic mass is 16.5. The van der Waals surface area contributed by atoms with Crippen molar-refractivity contribution < 1.29 is 9.53 Å². The number of ether oxygens (including phenoxy) is 1. The Labute approximate surface area is 150 Å². The molecule has 0 atom stereocenters. The second kappa shape index (κ2) is 9.79. The number of benzene rings is 1. The molecule has 0 unspecified atom stereocenters. The maximum atomic E-state index is 12.1. The van der Waals surface area contributed by atoms with Gasteiger partial charge in [0.25, 0.3) is 0 Å². The molecule has 0 aliphatic heterocycles. The van der Waals surface area contributed by atoms with Crippen LogP contribution in [-0.2, 0) is 11.2 Å². The van der Waals surface area contributed by atoms with E-state index >= 15 is 0 Å². The minimum atomic E-state index is 0.0216. The first-order valence-electron chi connectivity index (χ1n) is 8.67. The van der Waals surface area contributed by atoms with E-state index in [1.807, 2.05) is 57.3 Å². The summed E-state index contributed by atoms with van der Waals surface area (Å²) in [5.74, 6) is 0.831. The molecular weight excluding hydrogens is 314 g/mol. The number of nitrogens with one attached hydrogen (secondary N) is 1. The summed E-state index contributed by atoms with van der Waals surface area (Å²) < 4.78 is 5.59. The third-order valence-electron chi connectivity index (χ3n) is 3.76. The molecule has 134 valence electrons. The lowest BCUT2D eigenvalue weighted by Crippen LogP contribution is -2.26. The van der Waals surface area contributed by atoms with Gasteiger partial charge in [-0.15, -0.1) is 0 Å². The summed E-state index contributed by atoms with van der Waals surface area (Å²) in [6, 6.07) is 11.5. The molecule has 1 amide bonds. The molecule has 0 aliphatic rings. The monoisotopic (exact) mass is 341 g/mol. The molecule has 0 aliphatic carbocycles. The highest BCUT2D eigenvalue weighted by Gasteiger charge is 2.06. The number of aromatic nitrogens is 1. The Hall–Kier alpha value is -2.40. The van der Waals surface area contributed by atoms with Crippen LogP contribution in [0.3, 0.4) is 0 Å². The van der Waals surface area contributed by atoms with Crippen LogP contribution in [0, 0.1) is 0 Å². The number of carbonyl (C=O) groups is 1. The molecule has 1 N–H and O–H groups in total. The maximum absolute atomic E-state index is 12.1. The Kier molecular flexibility index (Phi) is 7.41. The highest BCUT2D eigenvalue weighted by Crippen LogP contribution is 2.17. The van der Waals surface area contributed by atoms with Crippen LogP contribution in [0.15, 0.2) is 48.8 Å². The fraction of sp³-hybridized carbons (Fsp3) is 0.400. The van der Waals surface area contributed by atoms with Gasteiger partial charge in [-0.2, -0.15) is 0 Å². The number of amides is 1. The fourth-order valence-electron chi connectivity index (χ4n) is 2.39. The van der Waals surface area contributed by atoms with Crippen molar-refractivity contribution in [2.24, 2.45) is 0 Å². The van der Waals surface area contributed by atoms with Gasteiger partial charge in [-0.1, -0.05) is 0 Å². The van der Waals surface area contributed by atoms with Gasteiger partial charge in [-0.25, -0.2) is 0 Å². The first-order chi connectivity index (χ1) is 12.0. The molecule has 1 aromatic carbocycles. The maximum Gasteiger partial charge on any atom is 0.225 e. The lowest BCUT2D eigenvalue weighted by molar-refractivity contribution is -0.116. The fourth-order valence-corrected chi connectivity index (χ4v) is 2.39. The van der Waals surface area contributed by atoms with E-state index in [2.05, 4.69) is 15.2 Å². The second-order valence-electron chi connectivity index (χ2n) is 6.40. The molecule has 0 fully saturated rings. The number of likely N-dealkylation sites (N-methyl/N-ethyl adjacent to an activating group) is 1. The SMILES string of the molecule is CC(C)Oc1ccc(NC(=O)CCN(C)CCc2ccncc2)cc1. The van der Waals surface area contributed by atoms with E-state index in [-0.39, 0.29) is 12.0 Å². The lowest BCUT2D eigenvalue weighted by Gasteiger charge is -2.16. The van der Waals surface area contributed by atoms with Crippen molar-refractivity contribution in [3.63, 3.8) is 0 Å². The van der Waals surface area contributed by atoms with Crippen LogP contribution in [0.25, 0.3) is 0 Å². The summed E-state index contributed by atoms with van der Waals surface area (Å²) in [6.07, 6.45) is 5.18.